The molecule has 0 amide bonds. The number of hydrogen-bond acceptors (Lipinski definition) is 5. The van der Waals surface area contributed by atoms with E-state index in [2.05, 4.69) is 25.6 Å². The summed E-state index contributed by atoms with van der Waals surface area (Å²) in [5.74, 6) is 0.726. The van der Waals surface area contributed by atoms with Crippen LogP contribution in [0.3, 0.4) is 0 Å². The summed E-state index contributed by atoms with van der Waals surface area (Å²) in [6.45, 7) is 0. The van der Waals surface area contributed by atoms with Crippen LogP contribution in [-0.4, -0.2) is 21.0 Å². The Morgan fingerprint density at radius 3 is 2.64 bits per heavy atom. The van der Waals surface area contributed by atoms with Gasteiger partial charge in [0, 0.05) is 35.8 Å². The summed E-state index contributed by atoms with van der Waals surface area (Å²) >= 11 is 5.90. The Morgan fingerprint density at radius 2 is 1.89 bits per heavy atom. The molecule has 28 heavy (non-hydrogen) atoms. The summed E-state index contributed by atoms with van der Waals surface area (Å²) < 4.78 is 13.4. The van der Waals surface area contributed by atoms with Gasteiger partial charge in [-0.3, -0.25) is 4.98 Å². The van der Waals surface area contributed by atoms with Gasteiger partial charge in [0.1, 0.15) is 11.6 Å². The molecular weight excluding hydrogens is 377 g/mol. The molecule has 1 aliphatic rings. The van der Waals surface area contributed by atoms with Gasteiger partial charge in [-0.05, 0) is 43.2 Å². The van der Waals surface area contributed by atoms with Crippen molar-refractivity contribution in [1.29, 1.82) is 0 Å². The monoisotopic (exact) mass is 397 g/mol. The van der Waals surface area contributed by atoms with Crippen molar-refractivity contribution in [1.82, 2.24) is 15.0 Å². The summed E-state index contributed by atoms with van der Waals surface area (Å²) in [5, 5.41) is 6.73. The van der Waals surface area contributed by atoms with Crippen molar-refractivity contribution in [2.24, 2.45) is 0 Å². The number of hydrogen-bond donors (Lipinski definition) is 2. The van der Waals surface area contributed by atoms with Crippen molar-refractivity contribution in [3.8, 4) is 11.3 Å². The van der Waals surface area contributed by atoms with Gasteiger partial charge in [0.2, 0.25) is 5.95 Å². The van der Waals surface area contributed by atoms with Gasteiger partial charge >= 0.3 is 0 Å². The minimum Gasteiger partial charge on any atom is -0.351 e. The maximum Gasteiger partial charge on any atom is 0.225 e. The third-order valence-corrected chi connectivity index (χ3v) is 5.10. The topological polar surface area (TPSA) is 62.7 Å². The predicted molar refractivity (Wildman–Crippen MR) is 110 cm³/mol. The minimum atomic E-state index is -0.453. The molecule has 1 saturated carbocycles. The van der Waals surface area contributed by atoms with E-state index in [4.69, 9.17) is 11.6 Å². The van der Waals surface area contributed by atoms with Gasteiger partial charge in [0.05, 0.1) is 10.7 Å². The Bertz CT molecular complexity index is 945. The quantitative estimate of drug-likeness (QED) is 0.568. The maximum atomic E-state index is 13.4. The van der Waals surface area contributed by atoms with Gasteiger partial charge in [-0.2, -0.15) is 4.98 Å². The van der Waals surface area contributed by atoms with E-state index >= 15 is 0 Å². The summed E-state index contributed by atoms with van der Waals surface area (Å²) in [6.07, 6.45) is 9.47. The Kier molecular flexibility index (Phi) is 5.67. The van der Waals surface area contributed by atoms with Crippen LogP contribution in [0.4, 0.5) is 21.8 Å². The van der Waals surface area contributed by atoms with Crippen LogP contribution >= 0.6 is 11.6 Å². The summed E-state index contributed by atoms with van der Waals surface area (Å²) in [6, 6.07) is 10.6. The molecule has 0 bridgehead atoms. The van der Waals surface area contributed by atoms with E-state index in [0.29, 0.717) is 23.5 Å². The van der Waals surface area contributed by atoms with Crippen LogP contribution in [0.1, 0.15) is 32.1 Å². The largest absolute Gasteiger partial charge is 0.351 e. The first-order valence-electron chi connectivity index (χ1n) is 9.45. The van der Waals surface area contributed by atoms with Gasteiger partial charge in [-0.25, -0.2) is 9.37 Å². The third-order valence-electron chi connectivity index (χ3n) is 4.81. The smallest absolute Gasteiger partial charge is 0.225 e. The van der Waals surface area contributed by atoms with Gasteiger partial charge in [0.15, 0.2) is 0 Å². The lowest BCUT2D eigenvalue weighted by Gasteiger charge is -2.23. The lowest BCUT2D eigenvalue weighted by Crippen LogP contribution is -2.23. The van der Waals surface area contributed by atoms with E-state index in [1.54, 1.807) is 18.5 Å². The molecule has 0 radical (unpaired) electrons. The summed E-state index contributed by atoms with van der Waals surface area (Å²) in [7, 11) is 0. The lowest BCUT2D eigenvalue weighted by atomic mass is 9.96. The molecule has 3 aromatic rings. The Morgan fingerprint density at radius 1 is 1.04 bits per heavy atom. The van der Waals surface area contributed by atoms with E-state index in [0.717, 1.165) is 24.1 Å². The second-order valence-corrected chi connectivity index (χ2v) is 7.34. The average Bonchev–Trinajstić information content (AvgIpc) is 2.72. The van der Waals surface area contributed by atoms with Gasteiger partial charge in [0.25, 0.3) is 0 Å². The van der Waals surface area contributed by atoms with E-state index < -0.39 is 5.82 Å². The van der Waals surface area contributed by atoms with E-state index in [1.165, 1.54) is 31.4 Å². The number of benzene rings is 1. The number of halogens is 2. The highest BCUT2D eigenvalue weighted by Crippen LogP contribution is 2.27. The Balaban J connectivity index is 1.65. The first-order chi connectivity index (χ1) is 13.7. The molecule has 1 aliphatic carbocycles. The van der Waals surface area contributed by atoms with E-state index in [1.807, 2.05) is 18.2 Å². The molecule has 0 spiro atoms. The van der Waals surface area contributed by atoms with Crippen LogP contribution in [0.2, 0.25) is 5.02 Å². The van der Waals surface area contributed by atoms with Gasteiger partial charge in [-0.15, -0.1) is 0 Å². The van der Waals surface area contributed by atoms with Crippen molar-refractivity contribution in [2.45, 2.75) is 38.1 Å². The van der Waals surface area contributed by atoms with Crippen molar-refractivity contribution in [3.05, 3.63) is 59.6 Å². The van der Waals surface area contributed by atoms with E-state index in [9.17, 15) is 4.39 Å². The standard InChI is InChI=1S/C21H21ClFN5/c22-17-11-16(8-9-18(17)23)25-20-12-19(14-5-4-10-24-13-14)27-21(28-20)26-15-6-2-1-3-7-15/h4-5,8-13,15H,1-3,6-7H2,(H2,25,26,27,28). The molecule has 0 aliphatic heterocycles. The SMILES string of the molecule is Fc1ccc(Nc2cc(-c3cccnc3)nc(NC3CCCCC3)n2)cc1Cl. The molecular formula is C21H21ClFN5. The second-order valence-electron chi connectivity index (χ2n) is 6.94. The zero-order chi connectivity index (χ0) is 19.3. The molecule has 2 N–H and O–H groups in total. The molecule has 0 saturated heterocycles. The Labute approximate surface area is 168 Å². The molecule has 0 atom stereocenters. The Hall–Kier alpha value is -2.73. The zero-order valence-corrected chi connectivity index (χ0v) is 16.1. The number of nitrogens with one attached hydrogen (secondary N) is 2. The number of nitrogens with zero attached hydrogens (tertiary/aromatic N) is 3. The number of rotatable bonds is 5. The van der Waals surface area contributed by atoms with E-state index in [-0.39, 0.29) is 5.02 Å². The average molecular weight is 398 g/mol. The molecule has 0 unspecified atom stereocenters. The normalized spacial score (nSPS) is 14.6. The van der Waals surface area contributed by atoms with Crippen LogP contribution in [-0.2, 0) is 0 Å². The predicted octanol–water partition coefficient (Wildman–Crippen LogP) is 5.82. The van der Waals surface area contributed by atoms with Crippen molar-refractivity contribution in [3.63, 3.8) is 0 Å². The molecule has 2 heterocycles. The van der Waals surface area contributed by atoms with Gasteiger partial charge < -0.3 is 10.6 Å². The molecule has 7 heteroatoms. The van der Waals surface area contributed by atoms with Gasteiger partial charge in [-0.1, -0.05) is 30.9 Å². The fraction of sp³-hybridized carbons (Fsp3) is 0.286. The molecule has 144 valence electrons. The highest BCUT2D eigenvalue weighted by Gasteiger charge is 2.16. The number of anilines is 3. The highest BCUT2D eigenvalue weighted by atomic mass is 35.5. The molecule has 5 nitrogen and oxygen atoms in total. The van der Waals surface area contributed by atoms with Crippen LogP contribution in [0.25, 0.3) is 11.3 Å². The first-order valence-corrected chi connectivity index (χ1v) is 9.83. The molecule has 2 aromatic heterocycles. The van der Waals surface area contributed by atoms with Crippen molar-refractivity contribution < 1.29 is 4.39 Å². The van der Waals surface area contributed by atoms with Crippen molar-refractivity contribution >= 4 is 29.1 Å². The molecule has 4 rings (SSSR count). The molecule has 1 aromatic carbocycles. The maximum absolute atomic E-state index is 13.4. The third kappa shape index (κ3) is 4.57. The van der Waals surface area contributed by atoms with Crippen LogP contribution in [0.5, 0.6) is 0 Å². The highest BCUT2D eigenvalue weighted by molar-refractivity contribution is 6.31. The molecule has 1 fully saturated rings. The van der Waals surface area contributed by atoms with Crippen LogP contribution in [0.15, 0.2) is 48.8 Å². The fourth-order valence-corrected chi connectivity index (χ4v) is 3.57. The first kappa shape index (κ1) is 18.6. The fourth-order valence-electron chi connectivity index (χ4n) is 3.39. The number of aromatic nitrogens is 3. The lowest BCUT2D eigenvalue weighted by molar-refractivity contribution is 0.461. The van der Waals surface area contributed by atoms with Crippen molar-refractivity contribution in [2.75, 3.05) is 10.6 Å². The summed E-state index contributed by atoms with van der Waals surface area (Å²) in [4.78, 5) is 13.5. The second kappa shape index (κ2) is 8.52. The minimum absolute atomic E-state index is 0.0621. The number of pyridine rings is 1. The summed E-state index contributed by atoms with van der Waals surface area (Å²) in [5.41, 5.74) is 2.32. The zero-order valence-electron chi connectivity index (χ0n) is 15.3. The van der Waals surface area contributed by atoms with Crippen LogP contribution in [0, 0.1) is 5.82 Å². The van der Waals surface area contributed by atoms with Crippen LogP contribution < -0.4 is 10.6 Å².